The zero-order valence-electron chi connectivity index (χ0n) is 18.3. The number of benzene rings is 3. The highest BCUT2D eigenvalue weighted by Gasteiger charge is 2.24. The van der Waals surface area contributed by atoms with Gasteiger partial charge in [0.1, 0.15) is 21.7 Å². The number of rotatable bonds is 9. The number of methoxy groups -OCH3 is 1. The van der Waals surface area contributed by atoms with Crippen LogP contribution in [0.2, 0.25) is 0 Å². The summed E-state index contributed by atoms with van der Waals surface area (Å²) < 4.78 is 34.8. The Bertz CT molecular complexity index is 1220. The molecular formula is C26H22F2N2O3S. The number of alkyl halides is 2. The minimum Gasteiger partial charge on any atom is -0.435 e. The molecule has 1 amide bonds. The molecule has 174 valence electrons. The summed E-state index contributed by atoms with van der Waals surface area (Å²) in [6, 6.07) is 25.3. The van der Waals surface area contributed by atoms with Gasteiger partial charge in [0, 0.05) is 19.2 Å². The lowest BCUT2D eigenvalue weighted by Gasteiger charge is -2.12. The number of aromatic nitrogens is 1. The number of nitrogens with zero attached hydrogens (tertiary/aromatic N) is 1. The maximum atomic E-state index is 13.2. The average Bonchev–Trinajstić information content (AvgIpc) is 3.30. The third-order valence-electron chi connectivity index (χ3n) is 5.06. The molecule has 3 aromatic carbocycles. The lowest BCUT2D eigenvalue weighted by molar-refractivity contribution is -0.0498. The Morgan fingerprint density at radius 3 is 2.24 bits per heavy atom. The molecule has 0 aliphatic rings. The van der Waals surface area contributed by atoms with Crippen LogP contribution in [0.1, 0.15) is 31.9 Å². The maximum absolute atomic E-state index is 13.2. The van der Waals surface area contributed by atoms with Gasteiger partial charge in [-0.15, -0.1) is 11.3 Å². The Labute approximate surface area is 200 Å². The molecule has 1 heterocycles. The molecule has 4 rings (SSSR count). The van der Waals surface area contributed by atoms with E-state index >= 15 is 0 Å². The van der Waals surface area contributed by atoms with Crippen LogP contribution >= 0.6 is 11.3 Å². The summed E-state index contributed by atoms with van der Waals surface area (Å²) in [5.74, 6) is -0.214. The summed E-state index contributed by atoms with van der Waals surface area (Å²) in [6.45, 7) is -2.66. The molecule has 0 fully saturated rings. The van der Waals surface area contributed by atoms with Gasteiger partial charge in [0.05, 0.1) is 5.69 Å². The van der Waals surface area contributed by atoms with E-state index < -0.39 is 12.7 Å². The minimum atomic E-state index is -2.88. The molecule has 0 spiro atoms. The molecule has 34 heavy (non-hydrogen) atoms. The van der Waals surface area contributed by atoms with Crippen molar-refractivity contribution in [3.63, 3.8) is 0 Å². The van der Waals surface area contributed by atoms with Gasteiger partial charge >= 0.3 is 6.61 Å². The summed E-state index contributed by atoms with van der Waals surface area (Å²) in [4.78, 5) is 18.4. The van der Waals surface area contributed by atoms with Crippen LogP contribution in [0.4, 0.5) is 8.78 Å². The Morgan fingerprint density at radius 2 is 1.62 bits per heavy atom. The fraction of sp³-hybridized carbons (Fsp3) is 0.154. The molecule has 1 aromatic heterocycles. The van der Waals surface area contributed by atoms with Gasteiger partial charge in [-0.25, -0.2) is 4.98 Å². The molecule has 0 saturated carbocycles. The highest BCUT2D eigenvalue weighted by atomic mass is 32.1. The molecule has 0 radical (unpaired) electrons. The molecule has 1 atom stereocenters. The molecule has 0 bridgehead atoms. The number of thiazole rings is 1. The molecule has 1 unspecified atom stereocenters. The summed E-state index contributed by atoms with van der Waals surface area (Å²) in [7, 11) is 1.61. The van der Waals surface area contributed by atoms with Crippen molar-refractivity contribution >= 4 is 17.2 Å². The summed E-state index contributed by atoms with van der Waals surface area (Å²) in [5.41, 5.74) is 3.10. The predicted molar refractivity (Wildman–Crippen MR) is 127 cm³/mol. The number of halogens is 2. The van der Waals surface area contributed by atoms with Crippen LogP contribution in [0.15, 0.2) is 84.9 Å². The number of nitrogens with one attached hydrogen (secondary N) is 1. The highest BCUT2D eigenvalue weighted by molar-refractivity contribution is 7.14. The van der Waals surface area contributed by atoms with Crippen molar-refractivity contribution in [1.29, 1.82) is 0 Å². The summed E-state index contributed by atoms with van der Waals surface area (Å²) in [6.07, 6.45) is -0.405. The van der Waals surface area contributed by atoms with Gasteiger partial charge in [-0.05, 0) is 23.3 Å². The third kappa shape index (κ3) is 5.65. The van der Waals surface area contributed by atoms with Crippen LogP contribution in [-0.4, -0.2) is 24.6 Å². The van der Waals surface area contributed by atoms with Crippen molar-refractivity contribution in [2.75, 3.05) is 7.11 Å². The van der Waals surface area contributed by atoms with E-state index in [-0.39, 0.29) is 18.2 Å². The van der Waals surface area contributed by atoms with E-state index in [4.69, 9.17) is 9.72 Å². The van der Waals surface area contributed by atoms with Crippen LogP contribution < -0.4 is 10.1 Å². The van der Waals surface area contributed by atoms with E-state index in [1.165, 1.54) is 23.5 Å². The van der Waals surface area contributed by atoms with Gasteiger partial charge in [0.25, 0.3) is 5.91 Å². The molecule has 0 aliphatic carbocycles. The lowest BCUT2D eigenvalue weighted by atomic mass is 10.1. The molecule has 8 heteroatoms. The van der Waals surface area contributed by atoms with Crippen molar-refractivity contribution in [3.05, 3.63) is 106 Å². The van der Waals surface area contributed by atoms with Crippen molar-refractivity contribution in [1.82, 2.24) is 10.3 Å². The SMILES string of the molecule is COC(c1ccccc1)c1nc(-c2ccccc2)c(C(=O)NCc2ccc(OC(F)F)cc2)s1. The molecule has 5 nitrogen and oxygen atoms in total. The second kappa shape index (κ2) is 11.0. The van der Waals surface area contributed by atoms with Gasteiger partial charge in [0.2, 0.25) is 0 Å². The van der Waals surface area contributed by atoms with Gasteiger partial charge < -0.3 is 14.8 Å². The number of amides is 1. The predicted octanol–water partition coefficient (Wildman–Crippen LogP) is 6.08. The monoisotopic (exact) mass is 480 g/mol. The fourth-order valence-electron chi connectivity index (χ4n) is 3.45. The molecule has 4 aromatic rings. The Morgan fingerprint density at radius 1 is 0.971 bits per heavy atom. The standard InChI is InChI=1S/C26H22F2N2O3S/c1-32-22(19-10-6-3-7-11-19)25-30-21(18-8-4-2-5-9-18)23(34-25)24(31)29-16-17-12-14-20(15-13-17)33-26(27)28/h2-15,22,26H,16H2,1H3,(H,29,31). The van der Waals surface area contributed by atoms with Gasteiger partial charge in [0.15, 0.2) is 0 Å². The summed E-state index contributed by atoms with van der Waals surface area (Å²) in [5, 5.41) is 3.57. The molecule has 1 N–H and O–H groups in total. The number of hydrogen-bond acceptors (Lipinski definition) is 5. The van der Waals surface area contributed by atoms with Crippen molar-refractivity contribution in [3.8, 4) is 17.0 Å². The Kier molecular flexibility index (Phi) is 7.61. The number of carbonyl (C=O) groups is 1. The zero-order chi connectivity index (χ0) is 23.9. The van der Waals surface area contributed by atoms with Crippen molar-refractivity contribution in [2.24, 2.45) is 0 Å². The van der Waals surface area contributed by atoms with Gasteiger partial charge in [-0.2, -0.15) is 8.78 Å². The normalized spacial score (nSPS) is 11.9. The van der Waals surface area contributed by atoms with E-state index in [0.29, 0.717) is 15.6 Å². The minimum absolute atomic E-state index is 0.0649. The van der Waals surface area contributed by atoms with E-state index in [1.54, 1.807) is 19.2 Å². The first-order valence-corrected chi connectivity index (χ1v) is 11.3. The smallest absolute Gasteiger partial charge is 0.387 e. The van der Waals surface area contributed by atoms with Crippen LogP contribution in [0.5, 0.6) is 5.75 Å². The van der Waals surface area contributed by atoms with Crippen LogP contribution in [0.3, 0.4) is 0 Å². The second-order valence-electron chi connectivity index (χ2n) is 7.33. The maximum Gasteiger partial charge on any atom is 0.387 e. The third-order valence-corrected chi connectivity index (χ3v) is 6.16. The van der Waals surface area contributed by atoms with Crippen LogP contribution in [0, 0.1) is 0 Å². The quantitative estimate of drug-likeness (QED) is 0.316. The molecule has 0 aliphatic heterocycles. The molecule has 0 saturated heterocycles. The topological polar surface area (TPSA) is 60.5 Å². The highest BCUT2D eigenvalue weighted by Crippen LogP contribution is 2.35. The Hall–Kier alpha value is -3.62. The van der Waals surface area contributed by atoms with Crippen LogP contribution in [0.25, 0.3) is 11.3 Å². The second-order valence-corrected chi connectivity index (χ2v) is 8.36. The van der Waals surface area contributed by atoms with E-state index in [9.17, 15) is 13.6 Å². The van der Waals surface area contributed by atoms with Crippen molar-refractivity contribution in [2.45, 2.75) is 19.3 Å². The van der Waals surface area contributed by atoms with E-state index in [1.807, 2.05) is 60.7 Å². The van der Waals surface area contributed by atoms with Crippen LogP contribution in [-0.2, 0) is 11.3 Å². The average molecular weight is 481 g/mol. The van der Waals surface area contributed by atoms with E-state index in [0.717, 1.165) is 16.7 Å². The number of ether oxygens (including phenoxy) is 2. The number of carbonyl (C=O) groups excluding carboxylic acids is 1. The first-order valence-electron chi connectivity index (χ1n) is 10.5. The molecular weight excluding hydrogens is 458 g/mol. The van der Waals surface area contributed by atoms with Gasteiger partial charge in [-0.3, -0.25) is 4.79 Å². The number of hydrogen-bond donors (Lipinski definition) is 1. The first kappa shape index (κ1) is 23.5. The van der Waals surface area contributed by atoms with Gasteiger partial charge in [-0.1, -0.05) is 72.8 Å². The zero-order valence-corrected chi connectivity index (χ0v) is 19.1. The Balaban J connectivity index is 1.59. The first-order chi connectivity index (χ1) is 16.5. The largest absolute Gasteiger partial charge is 0.435 e. The van der Waals surface area contributed by atoms with E-state index in [2.05, 4.69) is 10.1 Å². The fourth-order valence-corrected chi connectivity index (χ4v) is 4.56. The summed E-state index contributed by atoms with van der Waals surface area (Å²) >= 11 is 1.28. The van der Waals surface area contributed by atoms with Crippen molar-refractivity contribution < 1.29 is 23.0 Å². The lowest BCUT2D eigenvalue weighted by Crippen LogP contribution is -2.22.